The van der Waals surface area contributed by atoms with Gasteiger partial charge >= 0.3 is 0 Å². The molecule has 1 aromatic rings. The lowest BCUT2D eigenvalue weighted by atomic mass is 10.2. The van der Waals surface area contributed by atoms with Crippen LogP contribution in [0.4, 0.5) is 5.69 Å². The van der Waals surface area contributed by atoms with Crippen molar-refractivity contribution < 1.29 is 4.79 Å². The standard InChI is InChI=1S/C14H23N3O/c1-4-17(10-14(15)18)13-7-5-12(6-8-13)9-16-11(2)3/h5-8,11,16H,4,9-10H2,1-3H3,(H2,15,18). The van der Waals surface area contributed by atoms with Gasteiger partial charge in [0.05, 0.1) is 6.54 Å². The monoisotopic (exact) mass is 249 g/mol. The molecule has 4 heteroatoms. The highest BCUT2D eigenvalue weighted by molar-refractivity contribution is 5.79. The zero-order valence-electron chi connectivity index (χ0n) is 11.4. The fourth-order valence-corrected chi connectivity index (χ4v) is 1.72. The lowest BCUT2D eigenvalue weighted by Crippen LogP contribution is -2.33. The van der Waals surface area contributed by atoms with Crippen molar-refractivity contribution >= 4 is 11.6 Å². The Morgan fingerprint density at radius 3 is 2.39 bits per heavy atom. The Morgan fingerprint density at radius 1 is 1.33 bits per heavy atom. The summed E-state index contributed by atoms with van der Waals surface area (Å²) in [5, 5.41) is 3.37. The minimum Gasteiger partial charge on any atom is -0.368 e. The third kappa shape index (κ3) is 4.75. The van der Waals surface area contributed by atoms with Crippen LogP contribution in [-0.4, -0.2) is 25.0 Å². The molecule has 0 atom stereocenters. The number of primary amides is 1. The van der Waals surface area contributed by atoms with Gasteiger partial charge in [0.2, 0.25) is 5.91 Å². The van der Waals surface area contributed by atoms with E-state index >= 15 is 0 Å². The number of hydrogen-bond acceptors (Lipinski definition) is 3. The highest BCUT2D eigenvalue weighted by Crippen LogP contribution is 2.14. The molecule has 0 spiro atoms. The van der Waals surface area contributed by atoms with Crippen molar-refractivity contribution in [1.82, 2.24) is 5.32 Å². The molecule has 0 saturated heterocycles. The number of nitrogens with zero attached hydrogens (tertiary/aromatic N) is 1. The minimum atomic E-state index is -0.303. The molecule has 18 heavy (non-hydrogen) atoms. The zero-order chi connectivity index (χ0) is 13.5. The molecule has 0 heterocycles. The predicted octanol–water partition coefficient (Wildman–Crippen LogP) is 1.50. The molecule has 0 fully saturated rings. The van der Waals surface area contributed by atoms with E-state index in [4.69, 9.17) is 5.73 Å². The topological polar surface area (TPSA) is 58.4 Å². The molecule has 0 aliphatic heterocycles. The molecule has 3 N–H and O–H groups in total. The molecule has 0 bridgehead atoms. The number of rotatable bonds is 7. The lowest BCUT2D eigenvalue weighted by molar-refractivity contribution is -0.116. The Morgan fingerprint density at radius 2 is 1.94 bits per heavy atom. The maximum atomic E-state index is 11.0. The van der Waals surface area contributed by atoms with Crippen LogP contribution in [0.25, 0.3) is 0 Å². The van der Waals surface area contributed by atoms with Crippen LogP contribution in [0.5, 0.6) is 0 Å². The number of amides is 1. The normalized spacial score (nSPS) is 10.7. The molecular weight excluding hydrogens is 226 g/mol. The van der Waals surface area contributed by atoms with E-state index in [1.807, 2.05) is 24.0 Å². The van der Waals surface area contributed by atoms with Gasteiger partial charge in [0.1, 0.15) is 0 Å². The number of likely N-dealkylation sites (N-methyl/N-ethyl adjacent to an activating group) is 1. The molecule has 100 valence electrons. The Bertz CT molecular complexity index is 373. The van der Waals surface area contributed by atoms with E-state index < -0.39 is 0 Å². The molecule has 0 aromatic heterocycles. The number of hydrogen-bond donors (Lipinski definition) is 2. The second kappa shape index (κ2) is 7.01. The van der Waals surface area contributed by atoms with Crippen LogP contribution in [-0.2, 0) is 11.3 Å². The summed E-state index contributed by atoms with van der Waals surface area (Å²) < 4.78 is 0. The van der Waals surface area contributed by atoms with Gasteiger partial charge in [-0.15, -0.1) is 0 Å². The second-order valence-corrected chi connectivity index (χ2v) is 4.68. The number of anilines is 1. The van der Waals surface area contributed by atoms with Gasteiger partial charge in [-0.1, -0.05) is 26.0 Å². The predicted molar refractivity (Wildman–Crippen MR) is 75.5 cm³/mol. The largest absolute Gasteiger partial charge is 0.368 e. The van der Waals surface area contributed by atoms with E-state index in [-0.39, 0.29) is 12.5 Å². The SMILES string of the molecule is CCN(CC(N)=O)c1ccc(CNC(C)C)cc1. The number of nitrogens with one attached hydrogen (secondary N) is 1. The summed E-state index contributed by atoms with van der Waals surface area (Å²) in [4.78, 5) is 12.9. The molecule has 1 aromatic carbocycles. The molecule has 4 nitrogen and oxygen atoms in total. The molecule has 0 radical (unpaired) electrons. The van der Waals surface area contributed by atoms with E-state index in [2.05, 4.69) is 31.3 Å². The number of carbonyl (C=O) groups excluding carboxylic acids is 1. The second-order valence-electron chi connectivity index (χ2n) is 4.68. The average Bonchev–Trinajstić information content (AvgIpc) is 2.34. The Hall–Kier alpha value is -1.55. The first-order valence-corrected chi connectivity index (χ1v) is 6.38. The van der Waals surface area contributed by atoms with Gasteiger partial charge in [-0.2, -0.15) is 0 Å². The Balaban J connectivity index is 2.65. The Labute approximate surface area is 109 Å². The highest BCUT2D eigenvalue weighted by atomic mass is 16.1. The van der Waals surface area contributed by atoms with Gasteiger partial charge in [0.25, 0.3) is 0 Å². The molecule has 0 unspecified atom stereocenters. The van der Waals surface area contributed by atoms with Crippen LogP contribution in [0.3, 0.4) is 0 Å². The summed E-state index contributed by atoms with van der Waals surface area (Å²) in [6.07, 6.45) is 0. The fourth-order valence-electron chi connectivity index (χ4n) is 1.72. The van der Waals surface area contributed by atoms with Crippen LogP contribution < -0.4 is 16.0 Å². The quantitative estimate of drug-likeness (QED) is 0.770. The van der Waals surface area contributed by atoms with Crippen molar-refractivity contribution in [3.63, 3.8) is 0 Å². The molecule has 1 amide bonds. The lowest BCUT2D eigenvalue weighted by Gasteiger charge is -2.21. The van der Waals surface area contributed by atoms with Gasteiger partial charge in [-0.25, -0.2) is 0 Å². The molecule has 1 rings (SSSR count). The summed E-state index contributed by atoms with van der Waals surface area (Å²) in [7, 11) is 0. The van der Waals surface area contributed by atoms with Gasteiger partial charge in [-0.3, -0.25) is 4.79 Å². The van der Waals surface area contributed by atoms with Gasteiger partial charge in [0.15, 0.2) is 0 Å². The zero-order valence-corrected chi connectivity index (χ0v) is 11.4. The average molecular weight is 249 g/mol. The molecular formula is C14H23N3O. The fraction of sp³-hybridized carbons (Fsp3) is 0.500. The van der Waals surface area contributed by atoms with Crippen molar-refractivity contribution in [2.24, 2.45) is 5.73 Å². The van der Waals surface area contributed by atoms with E-state index in [0.717, 1.165) is 18.8 Å². The summed E-state index contributed by atoms with van der Waals surface area (Å²) >= 11 is 0. The maximum absolute atomic E-state index is 11.0. The smallest absolute Gasteiger partial charge is 0.236 e. The number of nitrogens with two attached hydrogens (primary N) is 1. The van der Waals surface area contributed by atoms with Gasteiger partial charge in [-0.05, 0) is 24.6 Å². The van der Waals surface area contributed by atoms with Crippen LogP contribution >= 0.6 is 0 Å². The maximum Gasteiger partial charge on any atom is 0.236 e. The minimum absolute atomic E-state index is 0.264. The third-order valence-electron chi connectivity index (χ3n) is 2.74. The van der Waals surface area contributed by atoms with Crippen LogP contribution in [0.2, 0.25) is 0 Å². The number of benzene rings is 1. The van der Waals surface area contributed by atoms with Crippen molar-refractivity contribution in [2.75, 3.05) is 18.0 Å². The molecule has 0 aliphatic carbocycles. The van der Waals surface area contributed by atoms with Crippen LogP contribution in [0, 0.1) is 0 Å². The first kappa shape index (κ1) is 14.5. The molecule has 0 aliphatic rings. The van der Waals surface area contributed by atoms with Crippen LogP contribution in [0.15, 0.2) is 24.3 Å². The highest BCUT2D eigenvalue weighted by Gasteiger charge is 2.07. The summed E-state index contributed by atoms with van der Waals surface area (Å²) in [5.74, 6) is -0.303. The first-order chi connectivity index (χ1) is 8.52. The van der Waals surface area contributed by atoms with Crippen molar-refractivity contribution in [3.05, 3.63) is 29.8 Å². The van der Waals surface area contributed by atoms with Crippen LogP contribution in [0.1, 0.15) is 26.3 Å². The third-order valence-corrected chi connectivity index (χ3v) is 2.74. The molecule has 0 saturated carbocycles. The van der Waals surface area contributed by atoms with Gasteiger partial charge < -0.3 is 16.0 Å². The van der Waals surface area contributed by atoms with Crippen molar-refractivity contribution in [1.29, 1.82) is 0 Å². The van der Waals surface area contributed by atoms with E-state index in [1.54, 1.807) is 0 Å². The summed E-state index contributed by atoms with van der Waals surface area (Å²) in [5.41, 5.74) is 7.50. The van der Waals surface area contributed by atoms with Crippen molar-refractivity contribution in [2.45, 2.75) is 33.4 Å². The van der Waals surface area contributed by atoms with Gasteiger partial charge in [0, 0.05) is 24.8 Å². The Kier molecular flexibility index (Phi) is 5.65. The van der Waals surface area contributed by atoms with E-state index in [0.29, 0.717) is 6.04 Å². The van der Waals surface area contributed by atoms with E-state index in [9.17, 15) is 4.79 Å². The summed E-state index contributed by atoms with van der Waals surface area (Å²) in [6.45, 7) is 8.16. The first-order valence-electron chi connectivity index (χ1n) is 6.38. The number of carbonyl (C=O) groups is 1. The van der Waals surface area contributed by atoms with E-state index in [1.165, 1.54) is 5.56 Å². The summed E-state index contributed by atoms with van der Waals surface area (Å²) in [6, 6.07) is 8.70. The van der Waals surface area contributed by atoms with Crippen molar-refractivity contribution in [3.8, 4) is 0 Å².